The summed E-state index contributed by atoms with van der Waals surface area (Å²) < 4.78 is 5.37. The lowest BCUT2D eigenvalue weighted by atomic mass is 9.82. The van der Waals surface area contributed by atoms with Crippen LogP contribution in [0.15, 0.2) is 76.3 Å². The van der Waals surface area contributed by atoms with Crippen molar-refractivity contribution in [3.63, 3.8) is 0 Å². The van der Waals surface area contributed by atoms with Crippen molar-refractivity contribution in [3.8, 4) is 0 Å². The van der Waals surface area contributed by atoms with Gasteiger partial charge in [0.15, 0.2) is 11.6 Å². The number of nitrogens with zero attached hydrogens (tertiary/aromatic N) is 3. The largest absolute Gasteiger partial charge is 0.468 e. The molecule has 11 heteroatoms. The van der Waals surface area contributed by atoms with Gasteiger partial charge in [-0.3, -0.25) is 19.7 Å². The number of carbonyl (C=O) groups excluding carboxylic acids is 1. The van der Waals surface area contributed by atoms with Crippen LogP contribution in [0.1, 0.15) is 25.0 Å². The van der Waals surface area contributed by atoms with Gasteiger partial charge < -0.3 is 14.6 Å². The van der Waals surface area contributed by atoms with E-state index in [9.17, 15) is 19.7 Å². The zero-order chi connectivity index (χ0) is 26.5. The van der Waals surface area contributed by atoms with E-state index >= 15 is 0 Å². The number of aromatic nitrogens is 2. The number of furan rings is 1. The number of ketones is 1. The van der Waals surface area contributed by atoms with Gasteiger partial charge in [-0.05, 0) is 30.7 Å². The first-order chi connectivity index (χ1) is 18.5. The van der Waals surface area contributed by atoms with Crippen LogP contribution in [0, 0.1) is 16.0 Å². The summed E-state index contributed by atoms with van der Waals surface area (Å²) in [6.45, 7) is 1.28. The van der Waals surface area contributed by atoms with Gasteiger partial charge in [0.2, 0.25) is 6.04 Å². The summed E-state index contributed by atoms with van der Waals surface area (Å²) in [5.74, 6) is 1.91. The molecule has 3 heterocycles. The van der Waals surface area contributed by atoms with Crippen LogP contribution in [0.25, 0.3) is 10.8 Å². The Morgan fingerprint density at radius 1 is 1.18 bits per heavy atom. The van der Waals surface area contributed by atoms with Crippen LogP contribution >= 0.6 is 11.8 Å². The van der Waals surface area contributed by atoms with Crippen LogP contribution < -0.4 is 10.9 Å². The Morgan fingerprint density at radius 2 is 2.03 bits per heavy atom. The lowest BCUT2D eigenvalue weighted by Crippen LogP contribution is -2.46. The molecule has 1 aliphatic carbocycles. The van der Waals surface area contributed by atoms with Gasteiger partial charge in [-0.2, -0.15) is 5.10 Å². The molecule has 0 bridgehead atoms. The van der Waals surface area contributed by atoms with Gasteiger partial charge in [-0.15, -0.1) is 11.8 Å². The Kier molecular flexibility index (Phi) is 7.92. The first-order valence-electron chi connectivity index (χ1n) is 12.6. The molecular weight excluding hydrogens is 506 g/mol. The minimum absolute atomic E-state index is 0.0358. The molecule has 1 aromatic carbocycles. The molecular formula is C27H29N5O5S. The molecule has 198 valence electrons. The maximum Gasteiger partial charge on any atom is 0.272 e. The average molecular weight is 536 g/mol. The Hall–Kier alpha value is -3.86. The molecule has 4 atom stereocenters. The number of nitro groups is 1. The number of anilines is 1. The van der Waals surface area contributed by atoms with E-state index in [0.29, 0.717) is 42.9 Å². The van der Waals surface area contributed by atoms with E-state index in [1.807, 2.05) is 42.6 Å². The van der Waals surface area contributed by atoms with E-state index in [1.54, 1.807) is 18.4 Å². The third-order valence-electron chi connectivity index (χ3n) is 7.07. The first-order valence-corrected chi connectivity index (χ1v) is 13.7. The Morgan fingerprint density at radius 3 is 2.82 bits per heavy atom. The molecule has 10 nitrogen and oxygen atoms in total. The van der Waals surface area contributed by atoms with Crippen LogP contribution in [0.5, 0.6) is 0 Å². The fourth-order valence-electron chi connectivity index (χ4n) is 5.14. The normalized spacial score (nSPS) is 23.2. The highest BCUT2D eigenvalue weighted by Gasteiger charge is 2.40. The summed E-state index contributed by atoms with van der Waals surface area (Å²) in [4.78, 5) is 38.2. The number of thioether (sulfide) groups is 1. The van der Waals surface area contributed by atoms with Crippen molar-refractivity contribution in [1.82, 2.24) is 15.1 Å². The SMILES string of the molecule is O=C1C=CN(CCCNc2n[nH]c(=O)c3ccccc23)C(C2C=CC(SCc3ccco3)C([N+](=O)[O-])C2)C1. The summed E-state index contributed by atoms with van der Waals surface area (Å²) in [5.41, 5.74) is -0.229. The van der Waals surface area contributed by atoms with Gasteiger partial charge in [-0.25, -0.2) is 5.10 Å². The van der Waals surface area contributed by atoms with E-state index in [0.717, 1.165) is 17.6 Å². The van der Waals surface area contributed by atoms with Gasteiger partial charge in [0.1, 0.15) is 5.76 Å². The molecule has 0 saturated carbocycles. The number of hydrogen-bond donors (Lipinski definition) is 2. The van der Waals surface area contributed by atoms with Crippen LogP contribution in [0.2, 0.25) is 0 Å². The smallest absolute Gasteiger partial charge is 0.272 e. The highest BCUT2D eigenvalue weighted by Crippen LogP contribution is 2.35. The van der Waals surface area contributed by atoms with E-state index < -0.39 is 6.04 Å². The van der Waals surface area contributed by atoms with E-state index in [-0.39, 0.29) is 33.5 Å². The van der Waals surface area contributed by atoms with Gasteiger partial charge in [0.05, 0.1) is 22.7 Å². The summed E-state index contributed by atoms with van der Waals surface area (Å²) in [5, 5.41) is 23.0. The van der Waals surface area contributed by atoms with Crippen LogP contribution in [-0.2, 0) is 10.5 Å². The second-order valence-electron chi connectivity index (χ2n) is 9.51. The minimum atomic E-state index is -0.728. The molecule has 0 fully saturated rings. The Labute approximate surface area is 223 Å². The summed E-state index contributed by atoms with van der Waals surface area (Å²) in [6, 6.07) is 10.1. The first kappa shape index (κ1) is 25.8. The standard InChI is InChI=1S/C27H29N5O5S/c33-19-10-13-31(12-4-11-28-26-21-6-1-2-7-22(21)27(34)30-29-26)23(16-19)18-8-9-25(24(15-18)32(35)36)38-17-20-5-3-14-37-20/h1-3,5-10,13-14,18,23-25H,4,11-12,15-17H2,(H,28,29)(H,30,34). The minimum Gasteiger partial charge on any atom is -0.468 e. The number of nitrogens with one attached hydrogen (secondary N) is 2. The Balaban J connectivity index is 1.22. The molecule has 38 heavy (non-hydrogen) atoms. The summed E-state index contributed by atoms with van der Waals surface area (Å²) in [6.07, 6.45) is 10.5. The lowest BCUT2D eigenvalue weighted by molar-refractivity contribution is -0.522. The predicted octanol–water partition coefficient (Wildman–Crippen LogP) is 4.00. The molecule has 0 amide bonds. The number of rotatable bonds is 10. The number of H-pyrrole nitrogens is 1. The molecule has 5 rings (SSSR count). The van der Waals surface area contributed by atoms with Crippen molar-refractivity contribution < 1.29 is 14.1 Å². The fourth-order valence-corrected chi connectivity index (χ4v) is 6.29. The monoisotopic (exact) mass is 535 g/mol. The number of fused-ring (bicyclic) bond motifs is 1. The van der Waals surface area contributed by atoms with E-state index in [1.165, 1.54) is 11.8 Å². The van der Waals surface area contributed by atoms with Gasteiger partial charge in [0.25, 0.3) is 5.56 Å². The van der Waals surface area contributed by atoms with E-state index in [4.69, 9.17) is 4.42 Å². The summed E-state index contributed by atoms with van der Waals surface area (Å²) in [7, 11) is 0. The average Bonchev–Trinajstić information content (AvgIpc) is 3.45. The second-order valence-corrected chi connectivity index (χ2v) is 10.7. The van der Waals surface area contributed by atoms with Gasteiger partial charge >= 0.3 is 0 Å². The molecule has 0 spiro atoms. The van der Waals surface area contributed by atoms with Crippen molar-refractivity contribution in [1.29, 1.82) is 0 Å². The number of allylic oxidation sites excluding steroid dienone is 1. The quantitative estimate of drug-likeness (QED) is 0.171. The summed E-state index contributed by atoms with van der Waals surface area (Å²) >= 11 is 1.50. The lowest BCUT2D eigenvalue weighted by Gasteiger charge is -2.39. The predicted molar refractivity (Wildman–Crippen MR) is 147 cm³/mol. The number of carbonyl (C=O) groups is 1. The number of hydrogen-bond acceptors (Lipinski definition) is 9. The molecule has 0 saturated heterocycles. The maximum atomic E-state index is 12.3. The fraction of sp³-hybridized carbons (Fsp3) is 0.370. The van der Waals surface area contributed by atoms with Crippen molar-refractivity contribution in [2.45, 2.75) is 42.3 Å². The van der Waals surface area contributed by atoms with Gasteiger partial charge in [0, 0.05) is 54.4 Å². The third kappa shape index (κ3) is 5.83. The van der Waals surface area contributed by atoms with E-state index in [2.05, 4.69) is 26.5 Å². The van der Waals surface area contributed by atoms with Crippen molar-refractivity contribution >= 4 is 34.1 Å². The van der Waals surface area contributed by atoms with Crippen molar-refractivity contribution in [3.05, 3.63) is 93.3 Å². The molecule has 2 N–H and O–H groups in total. The maximum absolute atomic E-state index is 12.3. The van der Waals surface area contributed by atoms with Crippen molar-refractivity contribution in [2.24, 2.45) is 5.92 Å². The van der Waals surface area contributed by atoms with Crippen LogP contribution in [-0.4, -0.2) is 56.2 Å². The topological polar surface area (TPSA) is 134 Å². The highest BCUT2D eigenvalue weighted by molar-refractivity contribution is 7.99. The van der Waals surface area contributed by atoms with Crippen molar-refractivity contribution in [2.75, 3.05) is 18.4 Å². The molecule has 2 aromatic heterocycles. The van der Waals surface area contributed by atoms with Crippen LogP contribution in [0.4, 0.5) is 5.82 Å². The second kappa shape index (κ2) is 11.7. The molecule has 4 unspecified atom stereocenters. The number of benzene rings is 1. The molecule has 3 aromatic rings. The Bertz CT molecular complexity index is 1400. The zero-order valence-electron chi connectivity index (χ0n) is 20.7. The highest BCUT2D eigenvalue weighted by atomic mass is 32.2. The van der Waals surface area contributed by atoms with Crippen LogP contribution in [0.3, 0.4) is 0 Å². The molecule has 0 radical (unpaired) electrons. The third-order valence-corrected chi connectivity index (χ3v) is 8.38. The zero-order valence-corrected chi connectivity index (χ0v) is 21.5. The molecule has 1 aliphatic heterocycles. The number of aromatic amines is 1. The van der Waals surface area contributed by atoms with Gasteiger partial charge in [-0.1, -0.05) is 30.4 Å². The molecule has 2 aliphatic rings.